The smallest absolute Gasteiger partial charge is 0.00264 e. The minimum atomic E-state index is 0.904. The Hall–Kier alpha value is -0.780. The van der Waals surface area contributed by atoms with Crippen LogP contribution in [0.15, 0.2) is 35.5 Å². The maximum absolute atomic E-state index is 2.48. The van der Waals surface area contributed by atoms with Crippen LogP contribution in [0.3, 0.4) is 0 Å². The molecule has 0 aromatic carbocycles. The van der Waals surface area contributed by atoms with Gasteiger partial charge in [-0.2, -0.15) is 0 Å². The lowest BCUT2D eigenvalue weighted by molar-refractivity contribution is 0.343. The minimum absolute atomic E-state index is 0.904. The lowest BCUT2D eigenvalue weighted by Gasteiger charge is -2.16. The van der Waals surface area contributed by atoms with Crippen molar-refractivity contribution in [2.45, 2.75) is 0 Å². The fourth-order valence-electron chi connectivity index (χ4n) is 4.85. The molecule has 0 saturated heterocycles. The summed E-state index contributed by atoms with van der Waals surface area (Å²) >= 11 is 0. The van der Waals surface area contributed by atoms with Gasteiger partial charge in [-0.1, -0.05) is 35.5 Å². The van der Waals surface area contributed by atoms with Crippen LogP contribution in [0.1, 0.15) is 0 Å². The van der Waals surface area contributed by atoms with Gasteiger partial charge in [0.15, 0.2) is 0 Å². The third-order valence-corrected chi connectivity index (χ3v) is 4.92. The molecule has 6 aliphatic rings. The Kier molecular flexibility index (Phi) is 0.494. The van der Waals surface area contributed by atoms with Crippen LogP contribution in [-0.4, -0.2) is 0 Å². The summed E-state index contributed by atoms with van der Waals surface area (Å²) in [5, 5.41) is 0. The SMILES string of the molecule is C1=C[C@H]2C3=C4[C@@H]1C2C1[C@@H]3C=C[C@@H]41. The van der Waals surface area contributed by atoms with E-state index in [0.29, 0.717) is 0 Å². The predicted molar refractivity (Wildman–Crippen MR) is 46.2 cm³/mol. The van der Waals surface area contributed by atoms with Crippen molar-refractivity contribution in [3.8, 4) is 0 Å². The molecule has 0 aliphatic heterocycles. The van der Waals surface area contributed by atoms with Crippen molar-refractivity contribution >= 4 is 0 Å². The molecular weight excluding hydrogens is 144 g/mol. The second-order valence-electron chi connectivity index (χ2n) is 4.94. The van der Waals surface area contributed by atoms with E-state index < -0.39 is 0 Å². The summed E-state index contributed by atoms with van der Waals surface area (Å²) in [6.07, 6.45) is 9.93. The molecule has 0 aromatic heterocycles. The van der Waals surface area contributed by atoms with Crippen molar-refractivity contribution in [1.29, 1.82) is 0 Å². The average molecular weight is 154 g/mol. The second-order valence-corrected chi connectivity index (χ2v) is 4.94. The van der Waals surface area contributed by atoms with E-state index in [1.54, 1.807) is 0 Å². The molecule has 2 unspecified atom stereocenters. The predicted octanol–water partition coefficient (Wildman–Crippen LogP) is 2.16. The molecule has 6 aliphatic carbocycles. The van der Waals surface area contributed by atoms with Crippen LogP contribution in [0.4, 0.5) is 0 Å². The fraction of sp³-hybridized carbons (Fsp3) is 0.500. The van der Waals surface area contributed by atoms with E-state index >= 15 is 0 Å². The summed E-state index contributed by atoms with van der Waals surface area (Å²) in [7, 11) is 0. The molecule has 0 heterocycles. The van der Waals surface area contributed by atoms with Crippen LogP contribution in [0, 0.1) is 35.5 Å². The zero-order valence-electron chi connectivity index (χ0n) is 6.77. The molecule has 2 fully saturated rings. The van der Waals surface area contributed by atoms with Crippen molar-refractivity contribution in [3.63, 3.8) is 0 Å². The molecule has 58 valence electrons. The Morgan fingerprint density at radius 1 is 0.583 bits per heavy atom. The van der Waals surface area contributed by atoms with Gasteiger partial charge in [0.1, 0.15) is 0 Å². The summed E-state index contributed by atoms with van der Waals surface area (Å²) in [5.41, 5.74) is 3.73. The van der Waals surface area contributed by atoms with Crippen LogP contribution < -0.4 is 0 Å². The fourth-order valence-corrected chi connectivity index (χ4v) is 4.85. The van der Waals surface area contributed by atoms with Gasteiger partial charge in [-0.05, 0) is 11.8 Å². The van der Waals surface area contributed by atoms with E-state index in [1.165, 1.54) is 0 Å². The first-order valence-electron chi connectivity index (χ1n) is 5.07. The van der Waals surface area contributed by atoms with Crippen molar-refractivity contribution < 1.29 is 0 Å². The quantitative estimate of drug-likeness (QED) is 0.469. The Balaban J connectivity index is 1.96. The van der Waals surface area contributed by atoms with Gasteiger partial charge in [-0.15, -0.1) is 0 Å². The minimum Gasteiger partial charge on any atom is -0.0804 e. The molecule has 0 aromatic rings. The first-order valence-corrected chi connectivity index (χ1v) is 5.07. The summed E-state index contributed by atoms with van der Waals surface area (Å²) < 4.78 is 0. The summed E-state index contributed by atoms with van der Waals surface area (Å²) in [6, 6.07) is 0. The summed E-state index contributed by atoms with van der Waals surface area (Å²) in [4.78, 5) is 0. The third kappa shape index (κ3) is 0.257. The Labute approximate surface area is 71.7 Å². The Bertz CT molecular complexity index is 326. The van der Waals surface area contributed by atoms with Crippen molar-refractivity contribution in [2.75, 3.05) is 0 Å². The van der Waals surface area contributed by atoms with E-state index in [1.807, 2.05) is 11.1 Å². The van der Waals surface area contributed by atoms with Crippen LogP contribution in [0.5, 0.6) is 0 Å². The first-order chi connectivity index (χ1) is 5.97. The molecule has 12 heavy (non-hydrogen) atoms. The molecule has 6 atom stereocenters. The molecule has 0 radical (unpaired) electrons. The van der Waals surface area contributed by atoms with Crippen LogP contribution in [0.2, 0.25) is 0 Å². The van der Waals surface area contributed by atoms with Gasteiger partial charge in [0.25, 0.3) is 0 Å². The van der Waals surface area contributed by atoms with Gasteiger partial charge in [0, 0.05) is 23.7 Å². The molecule has 6 rings (SSSR count). The van der Waals surface area contributed by atoms with Gasteiger partial charge in [0.2, 0.25) is 0 Å². The maximum atomic E-state index is 2.48. The lowest BCUT2D eigenvalue weighted by Crippen LogP contribution is -2.12. The summed E-state index contributed by atoms with van der Waals surface area (Å²) in [5.74, 6) is 5.67. The molecule has 0 nitrogen and oxygen atoms in total. The Morgan fingerprint density at radius 2 is 0.917 bits per heavy atom. The lowest BCUT2D eigenvalue weighted by atomic mass is 9.88. The van der Waals surface area contributed by atoms with E-state index in [2.05, 4.69) is 24.3 Å². The first kappa shape index (κ1) is 5.06. The number of allylic oxidation sites excluding steroid dienone is 6. The van der Waals surface area contributed by atoms with Crippen LogP contribution in [0.25, 0.3) is 0 Å². The van der Waals surface area contributed by atoms with Gasteiger partial charge in [-0.25, -0.2) is 0 Å². The van der Waals surface area contributed by atoms with Crippen molar-refractivity contribution in [1.82, 2.24) is 0 Å². The highest BCUT2D eigenvalue weighted by Crippen LogP contribution is 2.75. The molecular formula is C12H10. The molecule has 0 amide bonds. The second kappa shape index (κ2) is 1.17. The number of hydrogen-bond donors (Lipinski definition) is 0. The monoisotopic (exact) mass is 154 g/mol. The standard InChI is InChI=1S/C12H10/c1-2-6-9-5(1)11-7-3-4-8(10(7)9)12(6)11/h1-10H/t5-,6+,7+,8-,9?,10?. The molecule has 0 spiro atoms. The highest BCUT2D eigenvalue weighted by Gasteiger charge is 2.68. The van der Waals surface area contributed by atoms with Gasteiger partial charge < -0.3 is 0 Å². The van der Waals surface area contributed by atoms with E-state index in [4.69, 9.17) is 0 Å². The van der Waals surface area contributed by atoms with Crippen LogP contribution in [-0.2, 0) is 0 Å². The van der Waals surface area contributed by atoms with Crippen LogP contribution >= 0.6 is 0 Å². The molecule has 2 saturated carbocycles. The largest absolute Gasteiger partial charge is 0.0804 e. The van der Waals surface area contributed by atoms with Gasteiger partial charge >= 0.3 is 0 Å². The highest BCUT2D eigenvalue weighted by atomic mass is 14.7. The van der Waals surface area contributed by atoms with Crippen molar-refractivity contribution in [2.24, 2.45) is 35.5 Å². The highest BCUT2D eigenvalue weighted by molar-refractivity contribution is 5.58. The van der Waals surface area contributed by atoms with Gasteiger partial charge in [0.05, 0.1) is 0 Å². The normalized spacial score (nSPS) is 65.3. The number of rotatable bonds is 0. The van der Waals surface area contributed by atoms with E-state index in [0.717, 1.165) is 35.5 Å². The van der Waals surface area contributed by atoms with E-state index in [9.17, 15) is 0 Å². The maximum Gasteiger partial charge on any atom is 0.00264 e. The molecule has 0 N–H and O–H groups in total. The van der Waals surface area contributed by atoms with Gasteiger partial charge in [-0.3, -0.25) is 0 Å². The molecule has 8 bridgehead atoms. The zero-order valence-corrected chi connectivity index (χ0v) is 6.77. The zero-order chi connectivity index (χ0) is 7.45. The third-order valence-electron chi connectivity index (χ3n) is 4.92. The Morgan fingerprint density at radius 3 is 1.25 bits per heavy atom. The molecule has 0 heteroatoms. The van der Waals surface area contributed by atoms with E-state index in [-0.39, 0.29) is 0 Å². The topological polar surface area (TPSA) is 0 Å². The number of hydrogen-bond acceptors (Lipinski definition) is 0. The summed E-state index contributed by atoms with van der Waals surface area (Å²) in [6.45, 7) is 0. The van der Waals surface area contributed by atoms with Crippen molar-refractivity contribution in [3.05, 3.63) is 35.5 Å². The average Bonchev–Trinajstić information content (AvgIpc) is 2.84.